The molecule has 0 fully saturated rings. The Morgan fingerprint density at radius 3 is 2.67 bits per heavy atom. The molecule has 0 aliphatic carbocycles. The van der Waals surface area contributed by atoms with Gasteiger partial charge in [-0.1, -0.05) is 28.1 Å². The van der Waals surface area contributed by atoms with Gasteiger partial charge in [-0.05, 0) is 30.7 Å². The normalized spacial score (nSPS) is 10.3. The third kappa shape index (κ3) is 4.65. The van der Waals surface area contributed by atoms with Crippen LogP contribution >= 0.6 is 15.9 Å². The molecule has 0 unspecified atom stereocenters. The lowest BCUT2D eigenvalue weighted by Gasteiger charge is -1.99. The maximum atomic E-state index is 11.0. The third-order valence-corrected chi connectivity index (χ3v) is 2.23. The quantitative estimate of drug-likeness (QED) is 0.870. The van der Waals surface area contributed by atoms with Crippen LogP contribution in [0.15, 0.2) is 34.9 Å². The van der Waals surface area contributed by atoms with E-state index in [1.54, 1.807) is 6.20 Å². The van der Waals surface area contributed by atoms with Crippen molar-refractivity contribution >= 4 is 28.0 Å². The van der Waals surface area contributed by atoms with Gasteiger partial charge in [-0.15, -0.1) is 0 Å². The fraction of sp³-hybridized carbons (Fsp3) is 0.182. The molecule has 15 heavy (non-hydrogen) atoms. The Morgan fingerprint density at radius 1 is 1.40 bits per heavy atom. The highest BCUT2D eigenvalue weighted by atomic mass is 79.9. The zero-order valence-corrected chi connectivity index (χ0v) is 10.0. The standard InChI is InChI=1S/C11H13BrN2O/c1-2-13-11(15)14-8-7-9-3-5-10(12)6-4-9/h3-8H,2H2,1H3,(H2,13,14,15)/b8-7+. The van der Waals surface area contributed by atoms with E-state index in [-0.39, 0.29) is 6.03 Å². The lowest BCUT2D eigenvalue weighted by molar-refractivity contribution is 0.244. The van der Waals surface area contributed by atoms with Crippen LogP contribution in [0.25, 0.3) is 6.08 Å². The summed E-state index contributed by atoms with van der Waals surface area (Å²) in [6.07, 6.45) is 3.45. The van der Waals surface area contributed by atoms with E-state index in [0.29, 0.717) is 6.54 Å². The largest absolute Gasteiger partial charge is 0.338 e. The van der Waals surface area contributed by atoms with Gasteiger partial charge in [0.05, 0.1) is 0 Å². The third-order valence-electron chi connectivity index (χ3n) is 1.70. The molecule has 2 N–H and O–H groups in total. The second-order valence-corrected chi connectivity index (χ2v) is 3.80. The Morgan fingerprint density at radius 2 is 2.07 bits per heavy atom. The van der Waals surface area contributed by atoms with Crippen LogP contribution in [0.3, 0.4) is 0 Å². The molecule has 0 atom stereocenters. The number of halogens is 1. The number of carbonyl (C=O) groups excluding carboxylic acids is 1. The molecule has 0 saturated carbocycles. The Bertz CT molecular complexity index is 346. The van der Waals surface area contributed by atoms with Crippen LogP contribution in [0.4, 0.5) is 4.79 Å². The van der Waals surface area contributed by atoms with Crippen LogP contribution in [0, 0.1) is 0 Å². The van der Waals surface area contributed by atoms with Crippen molar-refractivity contribution in [3.63, 3.8) is 0 Å². The van der Waals surface area contributed by atoms with Crippen molar-refractivity contribution in [2.45, 2.75) is 6.92 Å². The summed E-state index contributed by atoms with van der Waals surface area (Å²) in [5.74, 6) is 0. The predicted octanol–water partition coefficient (Wildman–Crippen LogP) is 2.74. The number of nitrogens with one attached hydrogen (secondary N) is 2. The van der Waals surface area contributed by atoms with Crippen molar-refractivity contribution in [2.24, 2.45) is 0 Å². The van der Waals surface area contributed by atoms with Gasteiger partial charge in [0, 0.05) is 17.2 Å². The second-order valence-electron chi connectivity index (χ2n) is 2.89. The van der Waals surface area contributed by atoms with E-state index >= 15 is 0 Å². The van der Waals surface area contributed by atoms with Gasteiger partial charge in [0.2, 0.25) is 0 Å². The summed E-state index contributed by atoms with van der Waals surface area (Å²) < 4.78 is 1.04. The van der Waals surface area contributed by atoms with Gasteiger partial charge in [0.15, 0.2) is 0 Å². The maximum absolute atomic E-state index is 11.0. The van der Waals surface area contributed by atoms with E-state index in [1.165, 1.54) is 0 Å². The first-order valence-corrected chi connectivity index (χ1v) is 5.48. The van der Waals surface area contributed by atoms with Crippen LogP contribution in [0.2, 0.25) is 0 Å². The molecule has 2 amide bonds. The van der Waals surface area contributed by atoms with Crippen LogP contribution in [0.5, 0.6) is 0 Å². The van der Waals surface area contributed by atoms with Crippen molar-refractivity contribution in [1.82, 2.24) is 10.6 Å². The maximum Gasteiger partial charge on any atom is 0.318 e. The molecule has 1 rings (SSSR count). The highest BCUT2D eigenvalue weighted by Crippen LogP contribution is 2.10. The summed E-state index contributed by atoms with van der Waals surface area (Å²) in [6.45, 7) is 2.50. The van der Waals surface area contributed by atoms with Gasteiger partial charge >= 0.3 is 6.03 Å². The molecule has 1 aromatic rings. The Hall–Kier alpha value is -1.29. The van der Waals surface area contributed by atoms with Gasteiger partial charge in [-0.25, -0.2) is 4.79 Å². The molecule has 0 aliphatic heterocycles. The molecule has 0 aromatic heterocycles. The minimum Gasteiger partial charge on any atom is -0.338 e. The van der Waals surface area contributed by atoms with E-state index in [1.807, 2.05) is 37.3 Å². The first kappa shape index (κ1) is 11.8. The smallest absolute Gasteiger partial charge is 0.318 e. The van der Waals surface area contributed by atoms with Crippen molar-refractivity contribution in [3.8, 4) is 0 Å². The van der Waals surface area contributed by atoms with E-state index in [4.69, 9.17) is 0 Å². The van der Waals surface area contributed by atoms with E-state index in [0.717, 1.165) is 10.0 Å². The molecular formula is C11H13BrN2O. The number of hydrogen-bond acceptors (Lipinski definition) is 1. The molecule has 0 spiro atoms. The summed E-state index contributed by atoms with van der Waals surface area (Å²) >= 11 is 3.35. The number of benzene rings is 1. The highest BCUT2D eigenvalue weighted by molar-refractivity contribution is 9.10. The Kier molecular flexibility index (Phi) is 4.90. The van der Waals surface area contributed by atoms with Gasteiger partial charge in [-0.2, -0.15) is 0 Å². The van der Waals surface area contributed by atoms with Crippen LogP contribution < -0.4 is 10.6 Å². The SMILES string of the molecule is CCNC(=O)N/C=C/c1ccc(Br)cc1. The minimum atomic E-state index is -0.189. The lowest BCUT2D eigenvalue weighted by Crippen LogP contribution is -2.31. The molecule has 0 radical (unpaired) electrons. The van der Waals surface area contributed by atoms with Crippen molar-refractivity contribution in [3.05, 3.63) is 40.5 Å². The topological polar surface area (TPSA) is 41.1 Å². The highest BCUT2D eigenvalue weighted by Gasteiger charge is 1.91. The fourth-order valence-electron chi connectivity index (χ4n) is 0.999. The van der Waals surface area contributed by atoms with E-state index < -0.39 is 0 Å². The fourth-order valence-corrected chi connectivity index (χ4v) is 1.26. The number of carbonyl (C=O) groups is 1. The monoisotopic (exact) mass is 268 g/mol. The number of urea groups is 1. The van der Waals surface area contributed by atoms with Crippen LogP contribution in [0.1, 0.15) is 12.5 Å². The molecule has 80 valence electrons. The Balaban J connectivity index is 2.44. The Labute approximate surface area is 97.7 Å². The average molecular weight is 269 g/mol. The van der Waals surface area contributed by atoms with Crippen molar-refractivity contribution in [2.75, 3.05) is 6.54 Å². The molecule has 0 heterocycles. The molecule has 0 saturated heterocycles. The number of hydrogen-bond donors (Lipinski definition) is 2. The first-order chi connectivity index (χ1) is 7.22. The van der Waals surface area contributed by atoms with Crippen molar-refractivity contribution < 1.29 is 4.79 Å². The van der Waals surface area contributed by atoms with Gasteiger partial charge in [0.1, 0.15) is 0 Å². The van der Waals surface area contributed by atoms with Crippen LogP contribution in [-0.4, -0.2) is 12.6 Å². The lowest BCUT2D eigenvalue weighted by atomic mass is 10.2. The number of amides is 2. The summed E-state index contributed by atoms with van der Waals surface area (Å²) in [5, 5.41) is 5.24. The zero-order chi connectivity index (χ0) is 11.1. The number of rotatable bonds is 3. The zero-order valence-electron chi connectivity index (χ0n) is 8.46. The summed E-state index contributed by atoms with van der Waals surface area (Å²) in [5.41, 5.74) is 1.04. The predicted molar refractivity (Wildman–Crippen MR) is 65.4 cm³/mol. The summed E-state index contributed by atoms with van der Waals surface area (Å²) in [6, 6.07) is 7.63. The van der Waals surface area contributed by atoms with E-state index in [2.05, 4.69) is 26.6 Å². The molecule has 3 nitrogen and oxygen atoms in total. The minimum absolute atomic E-state index is 0.189. The summed E-state index contributed by atoms with van der Waals surface area (Å²) in [7, 11) is 0. The van der Waals surface area contributed by atoms with Crippen LogP contribution in [-0.2, 0) is 0 Å². The molecule has 1 aromatic carbocycles. The summed E-state index contributed by atoms with van der Waals surface area (Å²) in [4.78, 5) is 11.0. The molecular weight excluding hydrogens is 256 g/mol. The second kappa shape index (κ2) is 6.24. The van der Waals surface area contributed by atoms with E-state index in [9.17, 15) is 4.79 Å². The van der Waals surface area contributed by atoms with Gasteiger partial charge in [0.25, 0.3) is 0 Å². The van der Waals surface area contributed by atoms with Gasteiger partial charge < -0.3 is 10.6 Å². The van der Waals surface area contributed by atoms with Gasteiger partial charge in [-0.3, -0.25) is 0 Å². The molecule has 4 heteroatoms. The average Bonchev–Trinajstić information content (AvgIpc) is 2.21. The molecule has 0 bridgehead atoms. The van der Waals surface area contributed by atoms with Crippen molar-refractivity contribution in [1.29, 1.82) is 0 Å². The molecule has 0 aliphatic rings. The first-order valence-electron chi connectivity index (χ1n) is 4.69.